The Balaban J connectivity index is 2.57. The topological polar surface area (TPSA) is 15.3 Å². The molecular weight excluding hydrogens is 184 g/mol. The molecule has 15 heavy (non-hydrogen) atoms. The predicted octanol–water partition coefficient (Wildman–Crippen LogP) is 2.50. The van der Waals surface area contributed by atoms with Gasteiger partial charge in [0.2, 0.25) is 0 Å². The lowest BCUT2D eigenvalue weighted by Crippen LogP contribution is -2.48. The van der Waals surface area contributed by atoms with Gasteiger partial charge in [-0.2, -0.15) is 0 Å². The van der Waals surface area contributed by atoms with Crippen molar-refractivity contribution >= 4 is 0 Å². The molecule has 1 saturated heterocycles. The number of rotatable bonds is 5. The van der Waals surface area contributed by atoms with Crippen LogP contribution in [0.15, 0.2) is 0 Å². The van der Waals surface area contributed by atoms with Crippen LogP contribution in [0.5, 0.6) is 0 Å². The number of hydrogen-bond acceptors (Lipinski definition) is 2. The lowest BCUT2D eigenvalue weighted by atomic mass is 9.77. The van der Waals surface area contributed by atoms with Crippen molar-refractivity contribution < 1.29 is 0 Å². The maximum absolute atomic E-state index is 3.57. The first-order valence-corrected chi connectivity index (χ1v) is 6.58. The highest BCUT2D eigenvalue weighted by Crippen LogP contribution is 2.31. The standard InChI is InChI=1S/C13H28N2/c1-5-13(8-7-9-14-10-13)11-15(6-2)12(3)4/h12,14H,5-11H2,1-4H3. The molecule has 0 saturated carbocycles. The first kappa shape index (κ1) is 13.0. The molecule has 0 aromatic heterocycles. The third-order valence-corrected chi connectivity index (χ3v) is 3.99. The van der Waals surface area contributed by atoms with Gasteiger partial charge in [0.25, 0.3) is 0 Å². The lowest BCUT2D eigenvalue weighted by Gasteiger charge is -2.42. The Hall–Kier alpha value is -0.0800. The van der Waals surface area contributed by atoms with Crippen molar-refractivity contribution in [2.24, 2.45) is 5.41 Å². The third kappa shape index (κ3) is 3.46. The van der Waals surface area contributed by atoms with Crippen LogP contribution in [0.2, 0.25) is 0 Å². The van der Waals surface area contributed by atoms with E-state index in [9.17, 15) is 0 Å². The van der Waals surface area contributed by atoms with Crippen LogP contribution < -0.4 is 5.32 Å². The van der Waals surface area contributed by atoms with Gasteiger partial charge in [0.15, 0.2) is 0 Å². The van der Waals surface area contributed by atoms with Crippen molar-refractivity contribution in [3.63, 3.8) is 0 Å². The third-order valence-electron chi connectivity index (χ3n) is 3.99. The Bertz CT molecular complexity index is 171. The van der Waals surface area contributed by atoms with Crippen molar-refractivity contribution in [3.8, 4) is 0 Å². The molecule has 1 fully saturated rings. The van der Waals surface area contributed by atoms with Crippen LogP contribution >= 0.6 is 0 Å². The fourth-order valence-corrected chi connectivity index (χ4v) is 2.67. The summed E-state index contributed by atoms with van der Waals surface area (Å²) in [4.78, 5) is 2.61. The molecule has 0 aliphatic carbocycles. The number of nitrogens with zero attached hydrogens (tertiary/aromatic N) is 1. The van der Waals surface area contributed by atoms with E-state index in [2.05, 4.69) is 37.9 Å². The molecule has 1 N–H and O–H groups in total. The average Bonchev–Trinajstić information content (AvgIpc) is 2.27. The zero-order chi connectivity index (χ0) is 11.3. The highest BCUT2D eigenvalue weighted by atomic mass is 15.2. The van der Waals surface area contributed by atoms with Crippen LogP contribution in [0.3, 0.4) is 0 Å². The summed E-state index contributed by atoms with van der Waals surface area (Å²) in [5, 5.41) is 3.57. The molecule has 1 aliphatic rings. The maximum Gasteiger partial charge on any atom is 0.00526 e. The molecule has 0 spiro atoms. The molecule has 2 nitrogen and oxygen atoms in total. The van der Waals surface area contributed by atoms with Crippen LogP contribution in [0, 0.1) is 5.41 Å². The van der Waals surface area contributed by atoms with E-state index < -0.39 is 0 Å². The number of piperidine rings is 1. The van der Waals surface area contributed by atoms with E-state index in [-0.39, 0.29) is 0 Å². The van der Waals surface area contributed by atoms with Crippen molar-refractivity contribution in [1.29, 1.82) is 0 Å². The maximum atomic E-state index is 3.57. The van der Waals surface area contributed by atoms with Crippen LogP contribution in [0.25, 0.3) is 0 Å². The number of hydrogen-bond donors (Lipinski definition) is 1. The van der Waals surface area contributed by atoms with E-state index in [1.807, 2.05) is 0 Å². The monoisotopic (exact) mass is 212 g/mol. The quantitative estimate of drug-likeness (QED) is 0.753. The SMILES string of the molecule is CCN(CC1(CC)CCCNC1)C(C)C. The first-order valence-electron chi connectivity index (χ1n) is 6.58. The summed E-state index contributed by atoms with van der Waals surface area (Å²) in [7, 11) is 0. The summed E-state index contributed by atoms with van der Waals surface area (Å²) < 4.78 is 0. The molecule has 1 unspecified atom stereocenters. The summed E-state index contributed by atoms with van der Waals surface area (Å²) in [6, 6.07) is 0.681. The second kappa shape index (κ2) is 5.86. The molecule has 1 heterocycles. The van der Waals surface area contributed by atoms with Gasteiger partial charge in [-0.15, -0.1) is 0 Å². The normalized spacial score (nSPS) is 27.6. The zero-order valence-corrected chi connectivity index (χ0v) is 11.0. The molecule has 1 rings (SSSR count). The van der Waals surface area contributed by atoms with Crippen molar-refractivity contribution in [1.82, 2.24) is 10.2 Å². The van der Waals surface area contributed by atoms with Gasteiger partial charge >= 0.3 is 0 Å². The van der Waals surface area contributed by atoms with Gasteiger partial charge in [-0.25, -0.2) is 0 Å². The van der Waals surface area contributed by atoms with E-state index in [4.69, 9.17) is 0 Å². The van der Waals surface area contributed by atoms with Crippen molar-refractivity contribution in [2.45, 2.75) is 53.0 Å². The Morgan fingerprint density at radius 2 is 2.07 bits per heavy atom. The van der Waals surface area contributed by atoms with Crippen LogP contribution in [0.1, 0.15) is 47.0 Å². The summed E-state index contributed by atoms with van der Waals surface area (Å²) in [5.74, 6) is 0. The van der Waals surface area contributed by atoms with Gasteiger partial charge in [0.1, 0.15) is 0 Å². The molecule has 0 aromatic rings. The molecular formula is C13H28N2. The summed E-state index contributed by atoms with van der Waals surface area (Å²) in [5.41, 5.74) is 0.540. The smallest absolute Gasteiger partial charge is 0.00526 e. The van der Waals surface area contributed by atoms with Crippen LogP contribution in [-0.4, -0.2) is 37.1 Å². The van der Waals surface area contributed by atoms with E-state index in [1.165, 1.54) is 45.4 Å². The minimum absolute atomic E-state index is 0.540. The molecule has 0 bridgehead atoms. The van der Waals surface area contributed by atoms with Gasteiger partial charge in [0, 0.05) is 19.1 Å². The Kier molecular flexibility index (Phi) is 5.07. The molecule has 2 heteroatoms. The fraction of sp³-hybridized carbons (Fsp3) is 1.00. The lowest BCUT2D eigenvalue weighted by molar-refractivity contribution is 0.0955. The first-order chi connectivity index (χ1) is 7.13. The van der Waals surface area contributed by atoms with Crippen LogP contribution in [-0.2, 0) is 0 Å². The predicted molar refractivity (Wildman–Crippen MR) is 67.2 cm³/mol. The molecule has 1 atom stereocenters. The molecule has 0 aromatic carbocycles. The minimum Gasteiger partial charge on any atom is -0.316 e. The second-order valence-electron chi connectivity index (χ2n) is 5.29. The second-order valence-corrected chi connectivity index (χ2v) is 5.29. The Morgan fingerprint density at radius 3 is 2.47 bits per heavy atom. The summed E-state index contributed by atoms with van der Waals surface area (Å²) in [6.07, 6.45) is 4.06. The molecule has 0 radical (unpaired) electrons. The number of nitrogens with one attached hydrogen (secondary N) is 1. The van der Waals surface area contributed by atoms with Crippen molar-refractivity contribution in [3.05, 3.63) is 0 Å². The van der Waals surface area contributed by atoms with Gasteiger partial charge in [-0.1, -0.05) is 13.8 Å². The highest BCUT2D eigenvalue weighted by Gasteiger charge is 2.32. The average molecular weight is 212 g/mol. The van der Waals surface area contributed by atoms with Gasteiger partial charge in [-0.05, 0) is 51.6 Å². The largest absolute Gasteiger partial charge is 0.316 e. The summed E-state index contributed by atoms with van der Waals surface area (Å²) >= 11 is 0. The molecule has 0 amide bonds. The Morgan fingerprint density at radius 1 is 1.33 bits per heavy atom. The minimum atomic E-state index is 0.540. The van der Waals surface area contributed by atoms with Gasteiger partial charge in [0.05, 0.1) is 0 Å². The van der Waals surface area contributed by atoms with Gasteiger partial charge in [-0.3, -0.25) is 0 Å². The van der Waals surface area contributed by atoms with Gasteiger partial charge < -0.3 is 10.2 Å². The molecule has 90 valence electrons. The van der Waals surface area contributed by atoms with Crippen LogP contribution in [0.4, 0.5) is 0 Å². The molecule has 1 aliphatic heterocycles. The van der Waals surface area contributed by atoms with E-state index >= 15 is 0 Å². The highest BCUT2D eigenvalue weighted by molar-refractivity contribution is 4.87. The zero-order valence-electron chi connectivity index (χ0n) is 11.0. The van der Waals surface area contributed by atoms with E-state index in [0.29, 0.717) is 11.5 Å². The van der Waals surface area contributed by atoms with E-state index in [1.54, 1.807) is 0 Å². The van der Waals surface area contributed by atoms with E-state index in [0.717, 1.165) is 0 Å². The Labute approximate surface area is 95.4 Å². The summed E-state index contributed by atoms with van der Waals surface area (Å²) in [6.45, 7) is 14.1. The van der Waals surface area contributed by atoms with Crippen molar-refractivity contribution in [2.75, 3.05) is 26.2 Å². The fourth-order valence-electron chi connectivity index (χ4n) is 2.67.